The van der Waals surface area contributed by atoms with Crippen LogP contribution >= 0.6 is 0 Å². The Hall–Kier alpha value is -6.47. The fourth-order valence-electron chi connectivity index (χ4n) is 5.64. The van der Waals surface area contributed by atoms with E-state index < -0.39 is 54.6 Å². The smallest absolute Gasteiger partial charge is 0.408 e. The number of aliphatic hydroxyl groups excluding tert-OH is 1. The van der Waals surface area contributed by atoms with E-state index in [4.69, 9.17) is 9.47 Å². The molecule has 0 saturated carbocycles. The summed E-state index contributed by atoms with van der Waals surface area (Å²) in [5.74, 6) is -1.67. The zero-order valence-corrected chi connectivity index (χ0v) is 29.7. The third kappa shape index (κ3) is 11.3. The van der Waals surface area contributed by atoms with Crippen molar-refractivity contribution < 1.29 is 38.6 Å². The fourth-order valence-corrected chi connectivity index (χ4v) is 5.64. The van der Waals surface area contributed by atoms with Crippen LogP contribution < -0.4 is 26.0 Å². The van der Waals surface area contributed by atoms with Crippen LogP contribution in [0.25, 0.3) is 10.9 Å². The van der Waals surface area contributed by atoms with Gasteiger partial charge in [-0.15, -0.1) is 0 Å². The molecule has 0 aliphatic rings. The molecule has 13 heteroatoms. The van der Waals surface area contributed by atoms with E-state index in [2.05, 4.69) is 26.3 Å². The summed E-state index contributed by atoms with van der Waals surface area (Å²) in [6.45, 7) is 1.00. The normalized spacial score (nSPS) is 13.1. The Morgan fingerprint density at radius 1 is 0.667 bits per heavy atom. The molecule has 4 aromatic carbocycles. The topological polar surface area (TPSA) is 188 Å². The number of rotatable bonds is 18. The number of aromatic nitrogens is 1. The lowest BCUT2D eigenvalue weighted by Gasteiger charge is -2.25. The van der Waals surface area contributed by atoms with Crippen molar-refractivity contribution >= 4 is 41.0 Å². The Morgan fingerprint density at radius 2 is 1.24 bits per heavy atom. The zero-order chi connectivity index (χ0) is 38.3. The van der Waals surface area contributed by atoms with Gasteiger partial charge < -0.3 is 45.6 Å². The van der Waals surface area contributed by atoms with Crippen molar-refractivity contribution in [1.82, 2.24) is 26.3 Å². The van der Waals surface area contributed by atoms with Gasteiger partial charge in [-0.1, -0.05) is 91.0 Å². The van der Waals surface area contributed by atoms with Gasteiger partial charge in [-0.05, 0) is 47.4 Å². The predicted molar refractivity (Wildman–Crippen MR) is 201 cm³/mol. The van der Waals surface area contributed by atoms with Gasteiger partial charge in [0.2, 0.25) is 17.7 Å². The lowest BCUT2D eigenvalue weighted by Crippen LogP contribution is -2.59. The maximum Gasteiger partial charge on any atom is 0.408 e. The molecule has 5 rings (SSSR count). The molecule has 0 spiro atoms. The number of aromatic amines is 1. The standard InChI is InChI=1S/C41H43N5O8/c1-27(23-47)43-38(49)35(20-28-16-18-32(19-17-28)53-25-29-10-4-2-5-11-29)44-40(51)37(24-48)45-39(50)36(21-31-22-42-34-15-9-8-14-33(31)34)46-41(52)54-26-30-12-6-3-7-13-30/h2-19,22-23,27,35-37,42,48H,20-21,24-26H2,1H3,(H,43,49)(H,44,51)(H,45,50)(H,46,52)/t27-,35+,36+,37+/m1/s1. The van der Waals surface area contributed by atoms with Gasteiger partial charge in [-0.25, -0.2) is 4.79 Å². The van der Waals surface area contributed by atoms with Crippen molar-refractivity contribution in [2.24, 2.45) is 0 Å². The number of ether oxygens (including phenoxy) is 2. The second-order valence-electron chi connectivity index (χ2n) is 12.7. The Labute approximate surface area is 312 Å². The number of para-hydroxylation sites is 1. The molecule has 0 aliphatic heterocycles. The average molecular weight is 734 g/mol. The van der Waals surface area contributed by atoms with Crippen LogP contribution in [0.3, 0.4) is 0 Å². The number of alkyl carbamates (subject to hydrolysis) is 1. The highest BCUT2D eigenvalue weighted by molar-refractivity contribution is 5.95. The van der Waals surface area contributed by atoms with E-state index >= 15 is 0 Å². The van der Waals surface area contributed by atoms with E-state index in [9.17, 15) is 29.1 Å². The average Bonchev–Trinajstić information content (AvgIpc) is 3.61. The third-order valence-electron chi connectivity index (χ3n) is 8.55. The van der Waals surface area contributed by atoms with Crippen molar-refractivity contribution in [3.05, 3.63) is 138 Å². The quantitative estimate of drug-likeness (QED) is 0.0739. The number of carbonyl (C=O) groups is 5. The Morgan fingerprint density at radius 3 is 1.91 bits per heavy atom. The maximum atomic E-state index is 13.7. The van der Waals surface area contributed by atoms with E-state index in [1.165, 1.54) is 6.92 Å². The number of hydrogen-bond acceptors (Lipinski definition) is 8. The number of nitrogens with one attached hydrogen (secondary N) is 5. The van der Waals surface area contributed by atoms with Crippen LogP contribution in [-0.2, 0) is 50.0 Å². The molecular formula is C41H43N5O8. The molecule has 0 fully saturated rings. The fraction of sp³-hybridized carbons (Fsp3) is 0.244. The highest BCUT2D eigenvalue weighted by Gasteiger charge is 2.31. The molecule has 0 aliphatic carbocycles. The van der Waals surface area contributed by atoms with Crippen molar-refractivity contribution in [2.45, 2.75) is 57.1 Å². The first-order valence-electron chi connectivity index (χ1n) is 17.5. The summed E-state index contributed by atoms with van der Waals surface area (Å²) in [6.07, 6.45) is 1.46. The van der Waals surface area contributed by atoms with Crippen LogP contribution in [0.1, 0.15) is 29.2 Å². The monoisotopic (exact) mass is 733 g/mol. The molecule has 1 heterocycles. The van der Waals surface area contributed by atoms with Gasteiger partial charge in [0.05, 0.1) is 12.6 Å². The molecule has 0 saturated heterocycles. The van der Waals surface area contributed by atoms with Crippen LogP contribution in [0.15, 0.2) is 115 Å². The number of aldehydes is 1. The molecule has 6 N–H and O–H groups in total. The van der Waals surface area contributed by atoms with Gasteiger partial charge >= 0.3 is 6.09 Å². The summed E-state index contributed by atoms with van der Waals surface area (Å²) >= 11 is 0. The summed E-state index contributed by atoms with van der Waals surface area (Å²) < 4.78 is 11.2. The first-order valence-corrected chi connectivity index (χ1v) is 17.5. The SMILES string of the molecule is C[C@H](C=O)NC(=O)[C@H](Cc1ccc(OCc2ccccc2)cc1)NC(=O)[C@H](CO)NC(=O)[C@H](Cc1c[nH]c2ccccc12)NC(=O)OCc1ccccc1. The van der Waals surface area contributed by atoms with Crippen LogP contribution in [0.2, 0.25) is 0 Å². The highest BCUT2D eigenvalue weighted by Crippen LogP contribution is 2.20. The first-order chi connectivity index (χ1) is 26.2. The lowest BCUT2D eigenvalue weighted by atomic mass is 10.0. The van der Waals surface area contributed by atoms with Gasteiger partial charge in [0.1, 0.15) is 43.4 Å². The number of hydrogen-bond donors (Lipinski definition) is 6. The minimum absolute atomic E-state index is 0.0200. The van der Waals surface area contributed by atoms with Crippen molar-refractivity contribution in [3.63, 3.8) is 0 Å². The summed E-state index contributed by atoms with van der Waals surface area (Å²) in [7, 11) is 0. The number of aliphatic hydroxyl groups is 1. The van der Waals surface area contributed by atoms with Gasteiger partial charge in [-0.2, -0.15) is 0 Å². The lowest BCUT2D eigenvalue weighted by molar-refractivity contribution is -0.133. The van der Waals surface area contributed by atoms with Crippen LogP contribution in [0, 0.1) is 0 Å². The van der Waals surface area contributed by atoms with E-state index in [1.807, 2.05) is 60.7 Å². The number of fused-ring (bicyclic) bond motifs is 1. The molecular weight excluding hydrogens is 690 g/mol. The highest BCUT2D eigenvalue weighted by atomic mass is 16.5. The minimum atomic E-state index is -1.50. The molecule has 5 aromatic rings. The van der Waals surface area contributed by atoms with Gasteiger partial charge in [-0.3, -0.25) is 14.4 Å². The molecule has 13 nitrogen and oxygen atoms in total. The predicted octanol–water partition coefficient (Wildman–Crippen LogP) is 3.49. The second kappa shape index (κ2) is 19.4. The largest absolute Gasteiger partial charge is 0.489 e. The van der Waals surface area contributed by atoms with E-state index in [0.29, 0.717) is 24.2 Å². The summed E-state index contributed by atoms with van der Waals surface area (Å²) in [6, 6.07) is 28.4. The number of carbonyl (C=O) groups excluding carboxylic acids is 5. The third-order valence-corrected chi connectivity index (χ3v) is 8.55. The van der Waals surface area contributed by atoms with Crippen molar-refractivity contribution in [2.75, 3.05) is 6.61 Å². The molecule has 4 atom stereocenters. The molecule has 0 unspecified atom stereocenters. The second-order valence-corrected chi connectivity index (χ2v) is 12.7. The molecule has 0 radical (unpaired) electrons. The number of benzene rings is 4. The Kier molecular flexibility index (Phi) is 13.9. The summed E-state index contributed by atoms with van der Waals surface area (Å²) in [5, 5.41) is 21.3. The summed E-state index contributed by atoms with van der Waals surface area (Å²) in [4.78, 5) is 68.0. The molecule has 0 bridgehead atoms. The van der Waals surface area contributed by atoms with Crippen LogP contribution in [0.5, 0.6) is 5.75 Å². The van der Waals surface area contributed by atoms with Gasteiger partial charge in [0.15, 0.2) is 0 Å². The molecule has 54 heavy (non-hydrogen) atoms. The van der Waals surface area contributed by atoms with Gasteiger partial charge in [0, 0.05) is 29.9 Å². The number of amides is 4. The maximum absolute atomic E-state index is 13.7. The Balaban J connectivity index is 1.27. The molecule has 1 aromatic heterocycles. The van der Waals surface area contributed by atoms with E-state index in [1.54, 1.807) is 54.7 Å². The van der Waals surface area contributed by atoms with Crippen LogP contribution in [-0.4, -0.2) is 71.0 Å². The molecule has 4 amide bonds. The Bertz CT molecular complexity index is 2000. The first kappa shape index (κ1) is 38.8. The zero-order valence-electron chi connectivity index (χ0n) is 29.7. The van der Waals surface area contributed by atoms with E-state index in [0.717, 1.165) is 27.6 Å². The minimum Gasteiger partial charge on any atom is -0.489 e. The van der Waals surface area contributed by atoms with Crippen molar-refractivity contribution in [3.8, 4) is 5.75 Å². The number of H-pyrrole nitrogens is 1. The molecule has 280 valence electrons. The van der Waals surface area contributed by atoms with E-state index in [-0.39, 0.29) is 19.4 Å². The van der Waals surface area contributed by atoms with Gasteiger partial charge in [0.25, 0.3) is 0 Å². The van der Waals surface area contributed by atoms with Crippen molar-refractivity contribution in [1.29, 1.82) is 0 Å². The van der Waals surface area contributed by atoms with Crippen LogP contribution in [0.4, 0.5) is 4.79 Å². The summed E-state index contributed by atoms with van der Waals surface area (Å²) in [5.41, 5.74) is 3.96.